The molecule has 0 bridgehead atoms. The van der Waals surface area contributed by atoms with Gasteiger partial charge in [-0.2, -0.15) is 0 Å². The van der Waals surface area contributed by atoms with Crippen LogP contribution < -0.4 is 0 Å². The maximum absolute atomic E-state index is 10.4. The predicted molar refractivity (Wildman–Crippen MR) is 112 cm³/mol. The smallest absolute Gasteiger partial charge is 0.160 e. The van der Waals surface area contributed by atoms with Crippen molar-refractivity contribution in [3.63, 3.8) is 0 Å². The Hall–Kier alpha value is -1.70. The van der Waals surface area contributed by atoms with Gasteiger partial charge in [0.2, 0.25) is 0 Å². The van der Waals surface area contributed by atoms with E-state index in [2.05, 4.69) is 9.97 Å². The summed E-state index contributed by atoms with van der Waals surface area (Å²) >= 11 is 12.2. The zero-order valence-electron chi connectivity index (χ0n) is 16.5. The third kappa shape index (κ3) is 4.27. The van der Waals surface area contributed by atoms with Crippen molar-refractivity contribution in [3.05, 3.63) is 58.6 Å². The van der Waals surface area contributed by atoms with E-state index in [1.54, 1.807) is 26.1 Å². The van der Waals surface area contributed by atoms with Crippen LogP contribution in [0.2, 0.25) is 10.0 Å². The largest absolute Gasteiger partial charge is 0.366 e. The zero-order valence-corrected chi connectivity index (χ0v) is 18.0. The lowest BCUT2D eigenvalue weighted by Gasteiger charge is -2.35. The molecule has 1 N–H and O–H groups in total. The molecule has 3 aromatic rings. The fourth-order valence-electron chi connectivity index (χ4n) is 3.98. The highest BCUT2D eigenvalue weighted by Crippen LogP contribution is 2.43. The normalized spacial score (nSPS) is 25.0. The molecule has 1 fully saturated rings. The Morgan fingerprint density at radius 1 is 1.31 bits per heavy atom. The fraction of sp³-hybridized carbons (Fsp3) is 0.429. The minimum Gasteiger partial charge on any atom is -0.366 e. The van der Waals surface area contributed by atoms with Crippen molar-refractivity contribution in [3.8, 4) is 0 Å². The van der Waals surface area contributed by atoms with Gasteiger partial charge in [0.15, 0.2) is 5.79 Å². The Morgan fingerprint density at radius 2 is 2.10 bits per heavy atom. The molecule has 2 aromatic heterocycles. The van der Waals surface area contributed by atoms with Gasteiger partial charge in [-0.05, 0) is 44.5 Å². The van der Waals surface area contributed by atoms with E-state index >= 15 is 0 Å². The summed E-state index contributed by atoms with van der Waals surface area (Å²) in [5.41, 5.74) is 1.06. The first-order valence-corrected chi connectivity index (χ1v) is 10.2. The van der Waals surface area contributed by atoms with Crippen LogP contribution in [0.5, 0.6) is 0 Å². The quantitative estimate of drug-likeness (QED) is 0.584. The number of hydrogen-bond acceptors (Lipinski definition) is 5. The van der Waals surface area contributed by atoms with Gasteiger partial charge in [0.25, 0.3) is 0 Å². The molecule has 1 aromatic carbocycles. The molecule has 29 heavy (non-hydrogen) atoms. The number of ether oxygens (including phenoxy) is 2. The van der Waals surface area contributed by atoms with Crippen molar-refractivity contribution >= 4 is 34.2 Å². The highest BCUT2D eigenvalue weighted by Gasteiger charge is 2.49. The third-order valence-corrected chi connectivity index (χ3v) is 5.90. The number of aromatic nitrogens is 3. The van der Waals surface area contributed by atoms with E-state index in [1.807, 2.05) is 35.9 Å². The highest BCUT2D eigenvalue weighted by molar-refractivity contribution is 6.42. The van der Waals surface area contributed by atoms with Crippen LogP contribution in [0.25, 0.3) is 11.0 Å². The Bertz CT molecular complexity index is 1030. The summed E-state index contributed by atoms with van der Waals surface area (Å²) in [6.07, 6.45) is 5.75. The van der Waals surface area contributed by atoms with Gasteiger partial charge in [-0.15, -0.1) is 0 Å². The van der Waals surface area contributed by atoms with Gasteiger partial charge in [0.05, 0.1) is 21.8 Å². The molecular weight excluding hydrogens is 413 g/mol. The molecule has 154 valence electrons. The van der Waals surface area contributed by atoms with Crippen LogP contribution in [0.4, 0.5) is 0 Å². The molecule has 2 unspecified atom stereocenters. The molecule has 6 nitrogen and oxygen atoms in total. The molecule has 1 saturated heterocycles. The fourth-order valence-corrected chi connectivity index (χ4v) is 4.30. The summed E-state index contributed by atoms with van der Waals surface area (Å²) in [4.78, 5) is 8.46. The first-order chi connectivity index (χ1) is 13.6. The molecule has 0 spiro atoms. The van der Waals surface area contributed by atoms with Crippen molar-refractivity contribution in [2.75, 3.05) is 0 Å². The van der Waals surface area contributed by atoms with Gasteiger partial charge >= 0.3 is 0 Å². The molecule has 0 amide bonds. The van der Waals surface area contributed by atoms with Crippen molar-refractivity contribution in [2.24, 2.45) is 0 Å². The van der Waals surface area contributed by atoms with E-state index in [0.29, 0.717) is 22.9 Å². The Balaban J connectivity index is 1.66. The molecule has 1 aliphatic heterocycles. The zero-order chi connectivity index (χ0) is 20.8. The van der Waals surface area contributed by atoms with Gasteiger partial charge < -0.3 is 19.1 Å². The van der Waals surface area contributed by atoms with Crippen molar-refractivity contribution in [2.45, 2.75) is 57.3 Å². The lowest BCUT2D eigenvalue weighted by Crippen LogP contribution is -2.45. The molecule has 3 atom stereocenters. The minimum atomic E-state index is -1.30. The average Bonchev–Trinajstić information content (AvgIpc) is 3.18. The second-order valence-electron chi connectivity index (χ2n) is 8.12. The van der Waals surface area contributed by atoms with E-state index in [1.165, 1.54) is 6.33 Å². The maximum Gasteiger partial charge on any atom is 0.160 e. The molecule has 8 heteroatoms. The number of fused-ring (bicyclic) bond motifs is 1. The summed E-state index contributed by atoms with van der Waals surface area (Å²) < 4.78 is 14.5. The van der Waals surface area contributed by atoms with Crippen LogP contribution in [0.3, 0.4) is 0 Å². The molecule has 0 aliphatic carbocycles. The van der Waals surface area contributed by atoms with Crippen LogP contribution in [0.15, 0.2) is 43.0 Å². The van der Waals surface area contributed by atoms with E-state index in [9.17, 15) is 5.11 Å². The molecule has 0 radical (unpaired) electrons. The topological polar surface area (TPSA) is 69.4 Å². The summed E-state index contributed by atoms with van der Waals surface area (Å²) in [7, 11) is 0. The molecular formula is C21H23Cl2N3O3. The summed E-state index contributed by atoms with van der Waals surface area (Å²) in [5, 5.41) is 12.3. The number of nitrogens with zero attached hydrogens (tertiary/aromatic N) is 3. The van der Waals surface area contributed by atoms with Crippen LogP contribution in [-0.4, -0.2) is 37.1 Å². The number of aliphatic hydroxyl groups is 1. The number of benzene rings is 1. The number of rotatable bonds is 5. The molecule has 3 heterocycles. The predicted octanol–water partition coefficient (Wildman–Crippen LogP) is 4.77. The molecule has 0 saturated carbocycles. The average molecular weight is 436 g/mol. The summed E-state index contributed by atoms with van der Waals surface area (Å²) in [6, 6.07) is 7.49. The Morgan fingerprint density at radius 3 is 2.83 bits per heavy atom. The van der Waals surface area contributed by atoms with E-state index in [-0.39, 0.29) is 12.3 Å². The van der Waals surface area contributed by atoms with Crippen molar-refractivity contribution in [1.29, 1.82) is 0 Å². The van der Waals surface area contributed by atoms with Crippen LogP contribution in [0.1, 0.15) is 39.0 Å². The molecule has 1 aliphatic rings. The lowest BCUT2D eigenvalue weighted by molar-refractivity contribution is -0.251. The number of halogens is 2. The van der Waals surface area contributed by atoms with E-state index in [4.69, 9.17) is 32.7 Å². The van der Waals surface area contributed by atoms with E-state index < -0.39 is 11.4 Å². The van der Waals surface area contributed by atoms with Crippen LogP contribution in [-0.2, 0) is 15.9 Å². The standard InChI is InChI=1S/C21H23Cl2N3O3/c1-20(2,27)29-21(3)10-18(26-7-6-14-11-24-12-25-19(14)26)28-17(21)9-13-4-5-15(22)16(23)8-13/h4-8,11-12,17-18,27H,9-10H2,1-3H3/t17-,18?,21?/m1/s1. The van der Waals surface area contributed by atoms with Gasteiger partial charge in [-0.25, -0.2) is 9.97 Å². The Labute approximate surface area is 179 Å². The monoisotopic (exact) mass is 435 g/mol. The van der Waals surface area contributed by atoms with Gasteiger partial charge in [-0.1, -0.05) is 29.3 Å². The van der Waals surface area contributed by atoms with Gasteiger partial charge in [0.1, 0.15) is 18.2 Å². The number of hydrogen-bond donors (Lipinski definition) is 1. The molecule has 4 rings (SSSR count). The van der Waals surface area contributed by atoms with Gasteiger partial charge in [0, 0.05) is 30.6 Å². The second kappa shape index (κ2) is 7.52. The van der Waals surface area contributed by atoms with Crippen LogP contribution in [0, 0.1) is 0 Å². The first-order valence-electron chi connectivity index (χ1n) is 9.43. The van der Waals surface area contributed by atoms with Crippen molar-refractivity contribution < 1.29 is 14.6 Å². The highest BCUT2D eigenvalue weighted by atomic mass is 35.5. The SMILES string of the molecule is CC(C)(O)OC1(C)CC(n2ccc3cncnc32)O[C@@H]1Cc1ccc(Cl)c(Cl)c1. The van der Waals surface area contributed by atoms with Crippen LogP contribution >= 0.6 is 23.2 Å². The van der Waals surface area contributed by atoms with Gasteiger partial charge in [-0.3, -0.25) is 0 Å². The Kier molecular flexibility index (Phi) is 5.34. The third-order valence-electron chi connectivity index (χ3n) is 5.16. The lowest BCUT2D eigenvalue weighted by atomic mass is 9.91. The first kappa shape index (κ1) is 20.6. The van der Waals surface area contributed by atoms with Crippen molar-refractivity contribution in [1.82, 2.24) is 14.5 Å². The maximum atomic E-state index is 10.4. The summed E-state index contributed by atoms with van der Waals surface area (Å²) in [5.74, 6) is -1.30. The van der Waals surface area contributed by atoms with E-state index in [0.717, 1.165) is 16.6 Å². The minimum absolute atomic E-state index is 0.289. The summed E-state index contributed by atoms with van der Waals surface area (Å²) in [6.45, 7) is 5.22. The second-order valence-corrected chi connectivity index (χ2v) is 8.94.